The van der Waals surface area contributed by atoms with Crippen LogP contribution in [-0.4, -0.2) is 47.4 Å². The van der Waals surface area contributed by atoms with Crippen LogP contribution in [0.2, 0.25) is 0 Å². The number of aliphatic hydroxyl groups is 1. The molecular formula is C12H19F3N2O2. The van der Waals surface area contributed by atoms with E-state index in [1.165, 1.54) is 4.90 Å². The van der Waals surface area contributed by atoms with Gasteiger partial charge in [-0.25, -0.2) is 4.79 Å². The lowest BCUT2D eigenvalue weighted by molar-refractivity contribution is -0.165. The Morgan fingerprint density at radius 1 is 1.26 bits per heavy atom. The summed E-state index contributed by atoms with van der Waals surface area (Å²) in [5, 5.41) is 11.4. The topological polar surface area (TPSA) is 52.6 Å². The first-order chi connectivity index (χ1) is 8.88. The molecule has 0 aromatic carbocycles. The van der Waals surface area contributed by atoms with Crippen LogP contribution in [0.15, 0.2) is 0 Å². The molecule has 2 aliphatic rings. The van der Waals surface area contributed by atoms with Crippen molar-refractivity contribution in [3.8, 4) is 0 Å². The highest BCUT2D eigenvalue weighted by Crippen LogP contribution is 2.35. The number of urea groups is 1. The third kappa shape index (κ3) is 3.52. The number of nitrogens with one attached hydrogen (secondary N) is 1. The van der Waals surface area contributed by atoms with Gasteiger partial charge in [-0.05, 0) is 25.2 Å². The summed E-state index contributed by atoms with van der Waals surface area (Å²) < 4.78 is 39.0. The number of carbonyl (C=O) groups excluding carboxylic acids is 1. The minimum Gasteiger partial charge on any atom is -0.391 e. The first kappa shape index (κ1) is 14.4. The Balaban J connectivity index is 1.97. The van der Waals surface area contributed by atoms with Crippen LogP contribution >= 0.6 is 0 Å². The molecule has 4 nitrogen and oxygen atoms in total. The molecule has 0 spiro atoms. The molecule has 2 rings (SSSR count). The second-order valence-electron chi connectivity index (χ2n) is 5.40. The maximum Gasteiger partial charge on any atom is 0.408 e. The Morgan fingerprint density at radius 2 is 1.89 bits per heavy atom. The van der Waals surface area contributed by atoms with Crippen molar-refractivity contribution in [2.75, 3.05) is 13.1 Å². The molecule has 1 heterocycles. The Morgan fingerprint density at radius 3 is 2.37 bits per heavy atom. The highest BCUT2D eigenvalue weighted by Gasteiger charge is 2.46. The number of hydrogen-bond acceptors (Lipinski definition) is 2. The third-order valence-electron chi connectivity index (χ3n) is 3.95. The zero-order valence-electron chi connectivity index (χ0n) is 10.6. The summed E-state index contributed by atoms with van der Waals surface area (Å²) in [6.07, 6.45) is -2.02. The summed E-state index contributed by atoms with van der Waals surface area (Å²) >= 11 is 0. The van der Waals surface area contributed by atoms with Crippen molar-refractivity contribution >= 4 is 6.03 Å². The molecule has 1 saturated heterocycles. The monoisotopic (exact) mass is 280 g/mol. The molecule has 110 valence electrons. The van der Waals surface area contributed by atoms with E-state index in [0.29, 0.717) is 25.8 Å². The van der Waals surface area contributed by atoms with Crippen molar-refractivity contribution in [1.82, 2.24) is 10.2 Å². The van der Waals surface area contributed by atoms with Gasteiger partial charge in [0.05, 0.1) is 6.10 Å². The van der Waals surface area contributed by atoms with Crippen molar-refractivity contribution in [1.29, 1.82) is 0 Å². The second kappa shape index (κ2) is 5.56. The smallest absolute Gasteiger partial charge is 0.391 e. The first-order valence-corrected chi connectivity index (χ1v) is 6.68. The van der Waals surface area contributed by atoms with E-state index in [1.54, 1.807) is 0 Å². The largest absolute Gasteiger partial charge is 0.408 e. The predicted octanol–water partition coefficient (Wildman–Crippen LogP) is 1.88. The number of alkyl halides is 3. The van der Waals surface area contributed by atoms with Crippen molar-refractivity contribution in [2.24, 2.45) is 5.92 Å². The highest BCUT2D eigenvalue weighted by molar-refractivity contribution is 5.75. The van der Waals surface area contributed by atoms with E-state index in [-0.39, 0.29) is 6.54 Å². The van der Waals surface area contributed by atoms with Crippen molar-refractivity contribution in [3.05, 3.63) is 0 Å². The van der Waals surface area contributed by atoms with Crippen molar-refractivity contribution < 1.29 is 23.1 Å². The minimum absolute atomic E-state index is 0.112. The van der Waals surface area contributed by atoms with E-state index in [4.69, 9.17) is 0 Å². The number of likely N-dealkylation sites (tertiary alicyclic amines) is 1. The van der Waals surface area contributed by atoms with E-state index in [9.17, 15) is 23.1 Å². The lowest BCUT2D eigenvalue weighted by Crippen LogP contribution is -2.53. The molecule has 2 N–H and O–H groups in total. The van der Waals surface area contributed by atoms with Gasteiger partial charge in [0, 0.05) is 13.1 Å². The van der Waals surface area contributed by atoms with E-state index in [2.05, 4.69) is 5.32 Å². The molecule has 0 aromatic rings. The summed E-state index contributed by atoms with van der Waals surface area (Å²) in [7, 11) is 0. The molecule has 1 aliphatic carbocycles. The number of halogens is 3. The molecule has 19 heavy (non-hydrogen) atoms. The molecule has 0 unspecified atom stereocenters. The number of nitrogens with zero attached hydrogens (tertiary/aromatic N) is 1. The molecule has 1 aliphatic heterocycles. The van der Waals surface area contributed by atoms with E-state index in [0.717, 1.165) is 12.8 Å². The molecule has 0 aromatic heterocycles. The van der Waals surface area contributed by atoms with Crippen molar-refractivity contribution in [2.45, 2.75) is 50.4 Å². The zero-order valence-corrected chi connectivity index (χ0v) is 10.6. The lowest BCUT2D eigenvalue weighted by atomic mass is 9.98. The second-order valence-corrected chi connectivity index (χ2v) is 5.40. The molecule has 2 amide bonds. The third-order valence-corrected chi connectivity index (χ3v) is 3.95. The Hall–Kier alpha value is -0.980. The molecule has 1 saturated carbocycles. The van der Waals surface area contributed by atoms with Crippen LogP contribution in [0, 0.1) is 5.92 Å². The summed E-state index contributed by atoms with van der Waals surface area (Å²) in [5.74, 6) is -0.517. The molecule has 2 atom stereocenters. The van der Waals surface area contributed by atoms with E-state index >= 15 is 0 Å². The molecule has 0 radical (unpaired) electrons. The standard InChI is InChI=1S/C12H19F3N2O2/c13-12(14,15)10(8-3-1-2-4-8)16-11(19)17-6-5-9(18)7-17/h8-10,18H,1-7H2,(H,16,19)/t9-,10-/m0/s1. The number of rotatable bonds is 2. The molecule has 2 fully saturated rings. The van der Waals surface area contributed by atoms with Gasteiger partial charge in [0.1, 0.15) is 6.04 Å². The van der Waals surface area contributed by atoms with E-state index in [1.807, 2.05) is 0 Å². The Kier molecular flexibility index (Phi) is 4.23. The maximum atomic E-state index is 13.0. The Labute approximate surface area is 110 Å². The summed E-state index contributed by atoms with van der Waals surface area (Å²) in [5.41, 5.74) is 0. The summed E-state index contributed by atoms with van der Waals surface area (Å²) in [6.45, 7) is 0.420. The number of aliphatic hydroxyl groups excluding tert-OH is 1. The fraction of sp³-hybridized carbons (Fsp3) is 0.917. The van der Waals surface area contributed by atoms with Gasteiger partial charge in [0.15, 0.2) is 0 Å². The predicted molar refractivity (Wildman–Crippen MR) is 62.5 cm³/mol. The average molecular weight is 280 g/mol. The van der Waals surface area contributed by atoms with Crippen LogP contribution in [0.3, 0.4) is 0 Å². The van der Waals surface area contributed by atoms with Gasteiger partial charge in [-0.2, -0.15) is 13.2 Å². The lowest BCUT2D eigenvalue weighted by Gasteiger charge is -2.29. The van der Waals surface area contributed by atoms with Gasteiger partial charge in [-0.1, -0.05) is 12.8 Å². The van der Waals surface area contributed by atoms with Crippen LogP contribution in [-0.2, 0) is 0 Å². The molecule has 0 bridgehead atoms. The van der Waals surface area contributed by atoms with Crippen LogP contribution in [0.1, 0.15) is 32.1 Å². The van der Waals surface area contributed by atoms with Crippen LogP contribution in [0.4, 0.5) is 18.0 Å². The van der Waals surface area contributed by atoms with Gasteiger partial charge in [0.25, 0.3) is 0 Å². The van der Waals surface area contributed by atoms with Gasteiger partial charge in [-0.15, -0.1) is 0 Å². The number of amides is 2. The number of carbonyl (C=O) groups is 1. The fourth-order valence-electron chi connectivity index (χ4n) is 2.91. The van der Waals surface area contributed by atoms with Crippen molar-refractivity contribution in [3.63, 3.8) is 0 Å². The van der Waals surface area contributed by atoms with Gasteiger partial charge < -0.3 is 15.3 Å². The van der Waals surface area contributed by atoms with E-state index < -0.39 is 30.3 Å². The molecule has 7 heteroatoms. The fourth-order valence-corrected chi connectivity index (χ4v) is 2.91. The van der Waals surface area contributed by atoms with Gasteiger partial charge in [-0.3, -0.25) is 0 Å². The highest BCUT2D eigenvalue weighted by atomic mass is 19.4. The van der Waals surface area contributed by atoms with Gasteiger partial charge >= 0.3 is 12.2 Å². The number of β-amino-alcohol motifs (C(OH)–C–C–N with tert-alkyl or cyclic N) is 1. The van der Waals surface area contributed by atoms with Crippen LogP contribution in [0.25, 0.3) is 0 Å². The summed E-state index contributed by atoms with van der Waals surface area (Å²) in [6, 6.07) is -2.48. The zero-order chi connectivity index (χ0) is 14.0. The Bertz CT molecular complexity index is 329. The SMILES string of the molecule is O=C(N[C@@H](C1CCCC1)C(F)(F)F)N1CC[C@H](O)C1. The average Bonchev–Trinajstić information content (AvgIpc) is 2.94. The first-order valence-electron chi connectivity index (χ1n) is 6.68. The normalized spacial score (nSPS) is 26.7. The van der Waals surface area contributed by atoms with Crippen LogP contribution in [0.5, 0.6) is 0 Å². The minimum atomic E-state index is -4.41. The van der Waals surface area contributed by atoms with Crippen LogP contribution < -0.4 is 5.32 Å². The molecular weight excluding hydrogens is 261 g/mol. The quantitative estimate of drug-likeness (QED) is 0.811. The number of hydrogen-bond donors (Lipinski definition) is 2. The summed E-state index contributed by atoms with van der Waals surface area (Å²) in [4.78, 5) is 13.1. The maximum absolute atomic E-state index is 13.0. The van der Waals surface area contributed by atoms with Gasteiger partial charge in [0.2, 0.25) is 0 Å².